The molecule has 0 saturated heterocycles. The second-order valence-corrected chi connectivity index (χ2v) is 7.78. The van der Waals surface area contributed by atoms with Crippen LogP contribution in [0.25, 0.3) is 11.1 Å². The first-order chi connectivity index (χ1) is 17.2. The number of aromatic nitrogens is 2. The van der Waals surface area contributed by atoms with Crippen LogP contribution in [0.2, 0.25) is 0 Å². The lowest BCUT2D eigenvalue weighted by molar-refractivity contribution is -0.141. The molecule has 36 heavy (non-hydrogen) atoms. The fourth-order valence-electron chi connectivity index (χ4n) is 3.44. The Labute approximate surface area is 204 Å². The van der Waals surface area contributed by atoms with Gasteiger partial charge in [-0.05, 0) is 59.5 Å². The minimum atomic E-state index is -4.60. The summed E-state index contributed by atoms with van der Waals surface area (Å²) >= 11 is 0. The Morgan fingerprint density at radius 2 is 1.75 bits per heavy atom. The first-order valence-electron chi connectivity index (χ1n) is 10.7. The van der Waals surface area contributed by atoms with Crippen molar-refractivity contribution in [2.45, 2.75) is 19.7 Å². The van der Waals surface area contributed by atoms with Gasteiger partial charge in [-0.3, -0.25) is 0 Å². The topological polar surface area (TPSA) is 93.6 Å². The molecule has 7 nitrogen and oxygen atoms in total. The summed E-state index contributed by atoms with van der Waals surface area (Å²) in [6, 6.07) is 20.2. The number of halogens is 3. The average Bonchev–Trinajstić information content (AvgIpc) is 2.83. The van der Waals surface area contributed by atoms with Gasteiger partial charge in [0.1, 0.15) is 12.3 Å². The van der Waals surface area contributed by atoms with E-state index in [0.29, 0.717) is 16.8 Å². The van der Waals surface area contributed by atoms with Gasteiger partial charge in [-0.25, -0.2) is 14.8 Å². The monoisotopic (exact) mass is 495 g/mol. The summed E-state index contributed by atoms with van der Waals surface area (Å²) in [7, 11) is 0. The predicted molar refractivity (Wildman–Crippen MR) is 126 cm³/mol. The zero-order valence-electron chi connectivity index (χ0n) is 18.9. The molecule has 4 rings (SSSR count). The molecule has 0 radical (unpaired) electrons. The van der Waals surface area contributed by atoms with E-state index in [9.17, 15) is 23.1 Å². The van der Waals surface area contributed by atoms with Gasteiger partial charge >= 0.3 is 12.3 Å². The number of alkyl halides is 3. The van der Waals surface area contributed by atoms with Gasteiger partial charge in [-0.1, -0.05) is 42.5 Å². The van der Waals surface area contributed by atoms with E-state index in [1.54, 1.807) is 24.3 Å². The number of carboxylic acid groups (broad SMARTS) is 1. The molecule has 0 aliphatic heterocycles. The van der Waals surface area contributed by atoms with Gasteiger partial charge in [-0.2, -0.15) is 13.2 Å². The highest BCUT2D eigenvalue weighted by Crippen LogP contribution is 2.35. The summed E-state index contributed by atoms with van der Waals surface area (Å²) in [6.45, 7) is 2.03. The highest BCUT2D eigenvalue weighted by Gasteiger charge is 2.32. The molecule has 184 valence electrons. The van der Waals surface area contributed by atoms with E-state index in [0.717, 1.165) is 23.4 Å². The molecule has 4 aromatic rings. The number of hydrogen-bond donors (Lipinski definition) is 2. The third kappa shape index (κ3) is 6.29. The third-order valence-electron chi connectivity index (χ3n) is 4.99. The van der Waals surface area contributed by atoms with Crippen molar-refractivity contribution in [3.05, 3.63) is 95.8 Å². The molecular weight excluding hydrogens is 475 g/mol. The van der Waals surface area contributed by atoms with Crippen molar-refractivity contribution in [2.75, 3.05) is 5.32 Å². The van der Waals surface area contributed by atoms with Gasteiger partial charge in [0.25, 0.3) is 0 Å². The number of benzene rings is 3. The number of ether oxygens (including phenoxy) is 2. The largest absolute Gasteiger partial charge is 0.511 e. The quantitative estimate of drug-likeness (QED) is 0.214. The first-order valence-corrected chi connectivity index (χ1v) is 10.7. The summed E-state index contributed by atoms with van der Waals surface area (Å²) in [4.78, 5) is 18.7. The Balaban J connectivity index is 1.62. The number of rotatable bonds is 7. The summed E-state index contributed by atoms with van der Waals surface area (Å²) < 4.78 is 49.7. The smallest absolute Gasteiger partial charge is 0.485 e. The number of nitrogens with zero attached hydrogens (tertiary/aromatic N) is 2. The molecule has 0 aliphatic rings. The van der Waals surface area contributed by atoms with E-state index in [2.05, 4.69) is 15.3 Å². The third-order valence-corrected chi connectivity index (χ3v) is 4.99. The molecule has 0 amide bonds. The summed E-state index contributed by atoms with van der Waals surface area (Å²) in [5.74, 6) is 0.0439. The Kier molecular flexibility index (Phi) is 7.05. The van der Waals surface area contributed by atoms with E-state index < -0.39 is 18.0 Å². The lowest BCUT2D eigenvalue weighted by Crippen LogP contribution is -2.10. The van der Waals surface area contributed by atoms with E-state index >= 15 is 0 Å². The zero-order chi connectivity index (χ0) is 25.7. The summed E-state index contributed by atoms with van der Waals surface area (Å²) in [5.41, 5.74) is 2.36. The van der Waals surface area contributed by atoms with Gasteiger partial charge in [0, 0.05) is 11.9 Å². The SMILES string of the molecule is Cc1cc(Nc2nccc(C(F)(F)F)n2)cc(-c2ccc(OCc3ccccc3)c(OC(=O)O)c2)c1. The number of nitrogens with one attached hydrogen (secondary N) is 1. The van der Waals surface area contributed by atoms with Crippen molar-refractivity contribution in [2.24, 2.45) is 0 Å². The molecule has 3 aromatic carbocycles. The van der Waals surface area contributed by atoms with Crippen LogP contribution in [0.5, 0.6) is 11.5 Å². The van der Waals surface area contributed by atoms with E-state index in [4.69, 9.17) is 9.47 Å². The normalized spacial score (nSPS) is 11.1. The summed E-state index contributed by atoms with van der Waals surface area (Å²) in [6.07, 6.45) is -5.06. The Bertz CT molecular complexity index is 1380. The molecule has 0 aliphatic carbocycles. The van der Waals surface area contributed by atoms with Crippen molar-refractivity contribution in [3.63, 3.8) is 0 Å². The van der Waals surface area contributed by atoms with Gasteiger partial charge in [0.15, 0.2) is 11.5 Å². The fourth-order valence-corrected chi connectivity index (χ4v) is 3.44. The Morgan fingerprint density at radius 1 is 0.972 bits per heavy atom. The maximum atomic E-state index is 13.0. The Hall–Kier alpha value is -4.60. The number of anilines is 2. The fraction of sp³-hybridized carbons (Fsp3) is 0.115. The molecule has 1 aromatic heterocycles. The van der Waals surface area contributed by atoms with E-state index in [1.807, 2.05) is 43.3 Å². The zero-order valence-corrected chi connectivity index (χ0v) is 18.9. The molecule has 2 N–H and O–H groups in total. The van der Waals surface area contributed by atoms with Crippen LogP contribution < -0.4 is 14.8 Å². The van der Waals surface area contributed by atoms with Gasteiger partial charge in [0.2, 0.25) is 5.95 Å². The molecule has 0 saturated carbocycles. The van der Waals surface area contributed by atoms with Gasteiger partial charge in [-0.15, -0.1) is 0 Å². The lowest BCUT2D eigenvalue weighted by Gasteiger charge is -2.14. The van der Waals surface area contributed by atoms with Crippen LogP contribution in [0.3, 0.4) is 0 Å². The molecule has 0 unspecified atom stereocenters. The molecule has 0 atom stereocenters. The highest BCUT2D eigenvalue weighted by atomic mass is 19.4. The molecule has 0 fully saturated rings. The van der Waals surface area contributed by atoms with Crippen LogP contribution in [-0.4, -0.2) is 21.2 Å². The van der Waals surface area contributed by atoms with Crippen LogP contribution >= 0.6 is 0 Å². The van der Waals surface area contributed by atoms with Crippen LogP contribution in [0, 0.1) is 6.92 Å². The number of carbonyl (C=O) groups is 1. The minimum absolute atomic E-state index is 0.00755. The van der Waals surface area contributed by atoms with Crippen LogP contribution in [0.1, 0.15) is 16.8 Å². The van der Waals surface area contributed by atoms with Crippen LogP contribution in [-0.2, 0) is 12.8 Å². The van der Waals surface area contributed by atoms with E-state index in [1.165, 1.54) is 6.07 Å². The molecule has 10 heteroatoms. The first kappa shape index (κ1) is 24.5. The second kappa shape index (κ2) is 10.3. The number of aryl methyl sites for hydroxylation is 1. The standard InChI is InChI=1S/C26H20F3N3O4/c1-16-11-19(13-20(12-16)31-24-30-10-9-23(32-24)26(27,28)29)18-7-8-21(22(14-18)36-25(33)34)35-15-17-5-3-2-4-6-17/h2-14H,15H2,1H3,(H,33,34)(H,30,31,32). The molecule has 1 heterocycles. The van der Waals surface area contributed by atoms with Crippen molar-refractivity contribution in [3.8, 4) is 22.6 Å². The van der Waals surface area contributed by atoms with Crippen LogP contribution in [0.4, 0.5) is 29.6 Å². The minimum Gasteiger partial charge on any atom is -0.485 e. The van der Waals surface area contributed by atoms with Gasteiger partial charge in [0.05, 0.1) is 0 Å². The highest BCUT2D eigenvalue weighted by molar-refractivity contribution is 5.74. The van der Waals surface area contributed by atoms with E-state index in [-0.39, 0.29) is 24.1 Å². The lowest BCUT2D eigenvalue weighted by atomic mass is 10.0. The second-order valence-electron chi connectivity index (χ2n) is 7.78. The van der Waals surface area contributed by atoms with Crippen molar-refractivity contribution >= 4 is 17.8 Å². The van der Waals surface area contributed by atoms with Crippen LogP contribution in [0.15, 0.2) is 79.0 Å². The molecule has 0 bridgehead atoms. The molecular formula is C26H20F3N3O4. The maximum Gasteiger partial charge on any atom is 0.511 e. The summed E-state index contributed by atoms with van der Waals surface area (Å²) in [5, 5.41) is 12.0. The average molecular weight is 495 g/mol. The van der Waals surface area contributed by atoms with Crippen molar-refractivity contribution in [1.29, 1.82) is 0 Å². The molecule has 0 spiro atoms. The number of hydrogen-bond acceptors (Lipinski definition) is 6. The predicted octanol–water partition coefficient (Wildman–Crippen LogP) is 6.85. The van der Waals surface area contributed by atoms with Gasteiger partial charge < -0.3 is 19.9 Å². The van der Waals surface area contributed by atoms with Crippen molar-refractivity contribution in [1.82, 2.24) is 9.97 Å². The maximum absolute atomic E-state index is 13.0. The van der Waals surface area contributed by atoms with Crippen molar-refractivity contribution < 1.29 is 32.5 Å². The Morgan fingerprint density at radius 3 is 2.47 bits per heavy atom.